The highest BCUT2D eigenvalue weighted by Gasteiger charge is 2.36. The maximum Gasteiger partial charge on any atom is 0.311 e. The van der Waals surface area contributed by atoms with Crippen molar-refractivity contribution in [2.75, 3.05) is 0 Å². The molecule has 1 atom stereocenters. The van der Waals surface area contributed by atoms with Crippen molar-refractivity contribution in [2.45, 2.75) is 6.42 Å². The number of carbonyl (C=O) groups is 2. The molecular weight excluding hydrogens is 120 g/mol. The average Bonchev–Trinajstić information content (AvgIpc) is 1.81. The highest BCUT2D eigenvalue weighted by Crippen LogP contribution is 2.27. The van der Waals surface area contributed by atoms with E-state index in [0.717, 1.165) is 0 Å². The van der Waals surface area contributed by atoms with Gasteiger partial charge in [0.05, 0.1) is 5.92 Å². The zero-order valence-electron chi connectivity index (χ0n) is 4.76. The van der Waals surface area contributed by atoms with Gasteiger partial charge in [-0.2, -0.15) is 0 Å². The summed E-state index contributed by atoms with van der Waals surface area (Å²) in [6, 6.07) is 0. The van der Waals surface area contributed by atoms with Crippen molar-refractivity contribution in [3.05, 3.63) is 12.2 Å². The van der Waals surface area contributed by atoms with Gasteiger partial charge in [0, 0.05) is 12.0 Å². The van der Waals surface area contributed by atoms with Gasteiger partial charge < -0.3 is 5.11 Å². The molecule has 1 aliphatic rings. The van der Waals surface area contributed by atoms with E-state index in [1.165, 1.54) is 0 Å². The smallest absolute Gasteiger partial charge is 0.311 e. The number of rotatable bonds is 1. The van der Waals surface area contributed by atoms with Crippen LogP contribution in [-0.4, -0.2) is 16.9 Å². The zero-order chi connectivity index (χ0) is 7.02. The van der Waals surface area contributed by atoms with Crippen molar-refractivity contribution >= 4 is 11.8 Å². The second-order valence-electron chi connectivity index (χ2n) is 2.04. The number of carboxylic acid groups (broad SMARTS) is 1. The van der Waals surface area contributed by atoms with Gasteiger partial charge in [-0.25, -0.2) is 0 Å². The third-order valence-corrected chi connectivity index (χ3v) is 1.47. The number of ketones is 1. The molecule has 1 N–H and O–H groups in total. The van der Waals surface area contributed by atoms with Gasteiger partial charge in [0.2, 0.25) is 0 Å². The fourth-order valence-electron chi connectivity index (χ4n) is 0.739. The Morgan fingerprint density at radius 2 is 2.33 bits per heavy atom. The summed E-state index contributed by atoms with van der Waals surface area (Å²) in [7, 11) is 0. The Bertz CT molecular complexity index is 192. The van der Waals surface area contributed by atoms with E-state index in [-0.39, 0.29) is 17.8 Å². The molecule has 0 aromatic heterocycles. The number of Topliss-reactive ketones (excluding diaryl/α,β-unsaturated/α-hetero) is 1. The SMILES string of the molecule is C=C1C(=O)CC1C(=O)O. The van der Waals surface area contributed by atoms with Crippen molar-refractivity contribution in [3.63, 3.8) is 0 Å². The molecule has 0 radical (unpaired) electrons. The normalized spacial score (nSPS) is 25.6. The molecule has 48 valence electrons. The van der Waals surface area contributed by atoms with Crippen molar-refractivity contribution < 1.29 is 14.7 Å². The van der Waals surface area contributed by atoms with Crippen LogP contribution in [0.25, 0.3) is 0 Å². The maximum absolute atomic E-state index is 10.4. The van der Waals surface area contributed by atoms with Crippen LogP contribution >= 0.6 is 0 Å². The predicted molar refractivity (Wildman–Crippen MR) is 29.9 cm³/mol. The topological polar surface area (TPSA) is 54.4 Å². The summed E-state index contributed by atoms with van der Waals surface area (Å²) in [5, 5.41) is 8.31. The van der Waals surface area contributed by atoms with Crippen molar-refractivity contribution in [1.82, 2.24) is 0 Å². The van der Waals surface area contributed by atoms with Gasteiger partial charge in [-0.15, -0.1) is 0 Å². The number of hydrogen-bond donors (Lipinski definition) is 1. The molecule has 1 fully saturated rings. The largest absolute Gasteiger partial charge is 0.481 e. The van der Waals surface area contributed by atoms with Crippen LogP contribution in [0.4, 0.5) is 0 Å². The minimum absolute atomic E-state index is 0.123. The fraction of sp³-hybridized carbons (Fsp3) is 0.333. The molecule has 3 heteroatoms. The van der Waals surface area contributed by atoms with Gasteiger partial charge in [-0.05, 0) is 0 Å². The second-order valence-corrected chi connectivity index (χ2v) is 2.04. The van der Waals surface area contributed by atoms with E-state index in [2.05, 4.69) is 6.58 Å². The van der Waals surface area contributed by atoms with Crippen molar-refractivity contribution in [3.8, 4) is 0 Å². The molecular formula is C6H6O3. The molecule has 0 bridgehead atoms. The average molecular weight is 126 g/mol. The first-order valence-electron chi connectivity index (χ1n) is 2.57. The van der Waals surface area contributed by atoms with E-state index in [1.54, 1.807) is 0 Å². The summed E-state index contributed by atoms with van der Waals surface area (Å²) in [6.45, 7) is 3.31. The first kappa shape index (κ1) is 6.01. The van der Waals surface area contributed by atoms with Crippen LogP contribution in [0.1, 0.15) is 6.42 Å². The molecule has 0 heterocycles. The van der Waals surface area contributed by atoms with Crippen LogP contribution in [0.15, 0.2) is 12.2 Å². The molecule has 0 spiro atoms. The van der Waals surface area contributed by atoms with Crippen LogP contribution in [0.2, 0.25) is 0 Å². The van der Waals surface area contributed by atoms with Crippen LogP contribution in [0, 0.1) is 5.92 Å². The van der Waals surface area contributed by atoms with E-state index in [0.29, 0.717) is 0 Å². The summed E-state index contributed by atoms with van der Waals surface area (Å²) in [6.07, 6.45) is 0.133. The number of hydrogen-bond acceptors (Lipinski definition) is 2. The minimum Gasteiger partial charge on any atom is -0.481 e. The number of carboxylic acids is 1. The van der Waals surface area contributed by atoms with Crippen LogP contribution in [-0.2, 0) is 9.59 Å². The monoisotopic (exact) mass is 126 g/mol. The molecule has 1 rings (SSSR count). The zero-order valence-corrected chi connectivity index (χ0v) is 4.76. The highest BCUT2D eigenvalue weighted by molar-refractivity contribution is 6.08. The Morgan fingerprint density at radius 3 is 2.44 bits per heavy atom. The summed E-state index contributed by atoms with van der Waals surface area (Å²) in [5.41, 5.74) is 0.238. The van der Waals surface area contributed by atoms with Crippen LogP contribution in [0.5, 0.6) is 0 Å². The van der Waals surface area contributed by atoms with Crippen LogP contribution in [0.3, 0.4) is 0 Å². The van der Waals surface area contributed by atoms with Gasteiger partial charge in [-0.1, -0.05) is 6.58 Å². The van der Waals surface area contributed by atoms with E-state index < -0.39 is 11.9 Å². The van der Waals surface area contributed by atoms with Gasteiger partial charge >= 0.3 is 5.97 Å². The third kappa shape index (κ3) is 0.740. The van der Waals surface area contributed by atoms with Gasteiger partial charge in [0.15, 0.2) is 5.78 Å². The lowest BCUT2D eigenvalue weighted by Crippen LogP contribution is -2.33. The lowest BCUT2D eigenvalue weighted by Gasteiger charge is -2.22. The van der Waals surface area contributed by atoms with Gasteiger partial charge in [0.1, 0.15) is 0 Å². The third-order valence-electron chi connectivity index (χ3n) is 1.47. The van der Waals surface area contributed by atoms with E-state index in [4.69, 9.17) is 5.11 Å². The van der Waals surface area contributed by atoms with Crippen molar-refractivity contribution in [1.29, 1.82) is 0 Å². The maximum atomic E-state index is 10.4. The predicted octanol–water partition coefficient (Wildman–Crippen LogP) is 0.216. The quantitative estimate of drug-likeness (QED) is 0.511. The number of carbonyl (C=O) groups excluding carboxylic acids is 1. The lowest BCUT2D eigenvalue weighted by atomic mass is 9.79. The molecule has 1 saturated carbocycles. The fourth-order valence-corrected chi connectivity index (χ4v) is 0.739. The van der Waals surface area contributed by atoms with Gasteiger partial charge in [-0.3, -0.25) is 9.59 Å². The Balaban J connectivity index is 2.62. The molecule has 3 nitrogen and oxygen atoms in total. The van der Waals surface area contributed by atoms with E-state index >= 15 is 0 Å². The van der Waals surface area contributed by atoms with Crippen LogP contribution < -0.4 is 0 Å². The minimum atomic E-state index is -0.945. The summed E-state index contributed by atoms with van der Waals surface area (Å²) >= 11 is 0. The van der Waals surface area contributed by atoms with E-state index in [9.17, 15) is 9.59 Å². The Kier molecular flexibility index (Phi) is 1.12. The molecule has 0 saturated heterocycles. The number of aliphatic carboxylic acids is 1. The molecule has 1 aliphatic carbocycles. The highest BCUT2D eigenvalue weighted by atomic mass is 16.4. The first-order chi connectivity index (χ1) is 4.13. The van der Waals surface area contributed by atoms with Gasteiger partial charge in [0.25, 0.3) is 0 Å². The lowest BCUT2D eigenvalue weighted by molar-refractivity contribution is -0.145. The molecule has 0 aromatic carbocycles. The molecule has 9 heavy (non-hydrogen) atoms. The molecule has 0 amide bonds. The molecule has 0 aromatic rings. The van der Waals surface area contributed by atoms with E-state index in [1.807, 2.05) is 0 Å². The Labute approximate surface area is 52.0 Å². The second kappa shape index (κ2) is 1.69. The summed E-state index contributed by atoms with van der Waals surface area (Å²) in [5.74, 6) is -1.67. The van der Waals surface area contributed by atoms with Crippen molar-refractivity contribution in [2.24, 2.45) is 5.92 Å². The summed E-state index contributed by atoms with van der Waals surface area (Å²) < 4.78 is 0. The molecule has 0 aliphatic heterocycles. The first-order valence-corrected chi connectivity index (χ1v) is 2.57. The Morgan fingerprint density at radius 1 is 1.78 bits per heavy atom. The summed E-state index contributed by atoms with van der Waals surface area (Å²) in [4.78, 5) is 20.5. The molecule has 1 unspecified atom stereocenters. The standard InChI is InChI=1S/C6H6O3/c1-3-4(6(8)9)2-5(3)7/h4H,1-2H2,(H,8,9). The Hall–Kier alpha value is -1.12.